The molecule has 6 nitrogen and oxygen atoms in total. The molecule has 1 aromatic rings. The predicted octanol–water partition coefficient (Wildman–Crippen LogP) is 2.56. The molecular formula is C18H31IN4O2. The molecule has 0 aliphatic carbocycles. The minimum Gasteiger partial charge on any atom is -0.469 e. The van der Waals surface area contributed by atoms with Gasteiger partial charge in [0.2, 0.25) is 0 Å². The van der Waals surface area contributed by atoms with Crippen LogP contribution in [-0.2, 0) is 9.53 Å². The molecule has 0 radical (unpaired) electrons. The van der Waals surface area contributed by atoms with Crippen LogP contribution in [0.1, 0.15) is 25.8 Å². The molecule has 0 unspecified atom stereocenters. The Morgan fingerprint density at radius 2 is 2.04 bits per heavy atom. The summed E-state index contributed by atoms with van der Waals surface area (Å²) in [7, 11) is 1.39. The van der Waals surface area contributed by atoms with E-state index in [4.69, 9.17) is 0 Å². The summed E-state index contributed by atoms with van der Waals surface area (Å²) in [6.45, 7) is 10.1. The number of aliphatic imine (C=N–C) groups is 1. The first-order chi connectivity index (χ1) is 11.6. The number of nitrogens with one attached hydrogen (secondary N) is 2. The average molecular weight is 462 g/mol. The maximum absolute atomic E-state index is 11.1. The minimum atomic E-state index is -0.244. The number of guanidine groups is 1. The van der Waals surface area contributed by atoms with E-state index in [9.17, 15) is 4.79 Å². The quantitative estimate of drug-likeness (QED) is 0.256. The Balaban J connectivity index is 0.00000576. The first kappa shape index (κ1) is 23.5. The Labute approximate surface area is 168 Å². The number of carbonyl (C=O) groups is 1. The van der Waals surface area contributed by atoms with Crippen LogP contribution >= 0.6 is 24.0 Å². The van der Waals surface area contributed by atoms with Crippen LogP contribution in [0.3, 0.4) is 0 Å². The third kappa shape index (κ3) is 9.52. The van der Waals surface area contributed by atoms with Gasteiger partial charge in [-0.2, -0.15) is 0 Å². The lowest BCUT2D eigenvalue weighted by atomic mass is 10.2. The topological polar surface area (TPSA) is 66.0 Å². The standard InChI is InChI=1S/C18H30N4O2.HI/c1-5-19-18(20-11-10-17(23)24-4)21-12-13-22(6-2)16-9-7-8-15(3)14-16;/h7-9,14H,5-6,10-13H2,1-4H3,(H2,19,20,21);1H. The number of nitrogens with zero attached hydrogens (tertiary/aromatic N) is 2. The Hall–Kier alpha value is -1.51. The smallest absolute Gasteiger partial charge is 0.307 e. The Morgan fingerprint density at radius 1 is 1.28 bits per heavy atom. The van der Waals surface area contributed by atoms with Gasteiger partial charge < -0.3 is 20.3 Å². The first-order valence-corrected chi connectivity index (χ1v) is 8.51. The van der Waals surface area contributed by atoms with Gasteiger partial charge in [-0.15, -0.1) is 24.0 Å². The van der Waals surface area contributed by atoms with Gasteiger partial charge >= 0.3 is 5.97 Å². The van der Waals surface area contributed by atoms with Crippen LogP contribution in [0.25, 0.3) is 0 Å². The zero-order valence-electron chi connectivity index (χ0n) is 15.7. The van der Waals surface area contributed by atoms with E-state index in [1.807, 2.05) is 6.92 Å². The molecule has 0 saturated carbocycles. The number of hydrogen-bond acceptors (Lipinski definition) is 4. The number of esters is 1. The number of aryl methyl sites for hydroxylation is 1. The molecule has 0 spiro atoms. The third-order valence-corrected chi connectivity index (χ3v) is 3.58. The number of benzene rings is 1. The molecular weight excluding hydrogens is 431 g/mol. The molecule has 142 valence electrons. The lowest BCUT2D eigenvalue weighted by Crippen LogP contribution is -2.41. The van der Waals surface area contributed by atoms with Crippen LogP contribution in [0.5, 0.6) is 0 Å². The summed E-state index contributed by atoms with van der Waals surface area (Å²) in [4.78, 5) is 17.8. The molecule has 0 aromatic heterocycles. The van der Waals surface area contributed by atoms with Crippen molar-refractivity contribution in [3.05, 3.63) is 29.8 Å². The molecule has 1 aromatic carbocycles. The number of ether oxygens (including phenoxy) is 1. The largest absolute Gasteiger partial charge is 0.469 e. The number of anilines is 1. The Kier molecular flexibility index (Phi) is 12.9. The van der Waals surface area contributed by atoms with E-state index in [1.54, 1.807) is 0 Å². The number of likely N-dealkylation sites (N-methyl/N-ethyl adjacent to an activating group) is 1. The van der Waals surface area contributed by atoms with Crippen LogP contribution in [-0.4, -0.2) is 51.8 Å². The van der Waals surface area contributed by atoms with Crippen LogP contribution in [0.4, 0.5) is 5.69 Å². The van der Waals surface area contributed by atoms with E-state index in [2.05, 4.69) is 63.4 Å². The lowest BCUT2D eigenvalue weighted by Gasteiger charge is -2.24. The fourth-order valence-corrected chi connectivity index (χ4v) is 2.31. The van der Waals surface area contributed by atoms with Crippen molar-refractivity contribution in [2.75, 3.05) is 44.7 Å². The molecule has 2 N–H and O–H groups in total. The van der Waals surface area contributed by atoms with Crippen LogP contribution < -0.4 is 15.5 Å². The molecule has 0 bridgehead atoms. The molecule has 0 aliphatic rings. The summed E-state index contributed by atoms with van der Waals surface area (Å²) in [5.41, 5.74) is 2.49. The highest BCUT2D eigenvalue weighted by molar-refractivity contribution is 14.0. The summed E-state index contributed by atoms with van der Waals surface area (Å²) in [5.74, 6) is 0.480. The van der Waals surface area contributed by atoms with Crippen molar-refractivity contribution in [1.29, 1.82) is 0 Å². The van der Waals surface area contributed by atoms with E-state index in [1.165, 1.54) is 18.4 Å². The average Bonchev–Trinajstić information content (AvgIpc) is 2.58. The molecule has 0 amide bonds. The van der Waals surface area contributed by atoms with E-state index in [-0.39, 0.29) is 36.4 Å². The molecule has 0 atom stereocenters. The molecule has 0 heterocycles. The van der Waals surface area contributed by atoms with E-state index in [0.717, 1.165) is 32.1 Å². The number of carbonyl (C=O) groups excluding carboxylic acids is 1. The number of methoxy groups -OCH3 is 1. The Morgan fingerprint density at radius 3 is 2.64 bits per heavy atom. The van der Waals surface area contributed by atoms with E-state index >= 15 is 0 Å². The monoisotopic (exact) mass is 462 g/mol. The summed E-state index contributed by atoms with van der Waals surface area (Å²) in [6.07, 6.45) is 0.289. The van der Waals surface area contributed by atoms with Crippen molar-refractivity contribution in [3.8, 4) is 0 Å². The first-order valence-electron chi connectivity index (χ1n) is 8.51. The van der Waals surface area contributed by atoms with Crippen LogP contribution in [0, 0.1) is 6.92 Å². The molecule has 25 heavy (non-hydrogen) atoms. The molecule has 0 saturated heterocycles. The van der Waals surface area contributed by atoms with Crippen molar-refractivity contribution in [2.24, 2.45) is 4.99 Å². The summed E-state index contributed by atoms with van der Waals surface area (Å²) in [6, 6.07) is 8.51. The normalized spacial score (nSPS) is 10.6. The number of halogens is 1. The van der Waals surface area contributed by atoms with Crippen LogP contribution in [0.2, 0.25) is 0 Å². The van der Waals surface area contributed by atoms with Gasteiger partial charge in [0, 0.05) is 31.9 Å². The van der Waals surface area contributed by atoms with Gasteiger partial charge in [0.05, 0.1) is 20.1 Å². The fraction of sp³-hybridized carbons (Fsp3) is 0.556. The van der Waals surface area contributed by atoms with Crippen molar-refractivity contribution >= 4 is 41.6 Å². The van der Waals surface area contributed by atoms with E-state index < -0.39 is 0 Å². The molecule has 7 heteroatoms. The second-order valence-corrected chi connectivity index (χ2v) is 5.43. The molecule has 0 fully saturated rings. The second kappa shape index (κ2) is 13.7. The summed E-state index contributed by atoms with van der Waals surface area (Å²) >= 11 is 0. The lowest BCUT2D eigenvalue weighted by molar-refractivity contribution is -0.140. The number of rotatable bonds is 9. The van der Waals surface area contributed by atoms with Crippen LogP contribution in [0.15, 0.2) is 29.3 Å². The van der Waals surface area contributed by atoms with Crippen molar-refractivity contribution in [1.82, 2.24) is 10.6 Å². The predicted molar refractivity (Wildman–Crippen MR) is 115 cm³/mol. The molecule has 1 rings (SSSR count). The zero-order valence-corrected chi connectivity index (χ0v) is 18.0. The summed E-state index contributed by atoms with van der Waals surface area (Å²) in [5, 5.41) is 6.49. The van der Waals surface area contributed by atoms with Gasteiger partial charge in [0.25, 0.3) is 0 Å². The second-order valence-electron chi connectivity index (χ2n) is 5.43. The van der Waals surface area contributed by atoms with Crippen molar-refractivity contribution in [3.63, 3.8) is 0 Å². The van der Waals surface area contributed by atoms with Gasteiger partial charge in [-0.05, 0) is 38.5 Å². The van der Waals surface area contributed by atoms with Gasteiger partial charge in [-0.25, -0.2) is 0 Å². The van der Waals surface area contributed by atoms with Crippen molar-refractivity contribution in [2.45, 2.75) is 27.2 Å². The highest BCUT2D eigenvalue weighted by atomic mass is 127. The van der Waals surface area contributed by atoms with Gasteiger partial charge in [-0.1, -0.05) is 12.1 Å². The maximum Gasteiger partial charge on any atom is 0.307 e. The van der Waals surface area contributed by atoms with Gasteiger partial charge in [-0.3, -0.25) is 9.79 Å². The SMILES string of the molecule is CCNC(=NCCC(=O)OC)NCCN(CC)c1cccc(C)c1.I. The maximum atomic E-state index is 11.1. The summed E-state index contributed by atoms with van der Waals surface area (Å²) < 4.78 is 4.62. The highest BCUT2D eigenvalue weighted by Gasteiger charge is 2.05. The third-order valence-electron chi connectivity index (χ3n) is 3.58. The zero-order chi connectivity index (χ0) is 17.8. The minimum absolute atomic E-state index is 0. The highest BCUT2D eigenvalue weighted by Crippen LogP contribution is 2.14. The molecule has 0 aliphatic heterocycles. The Bertz CT molecular complexity index is 538. The fourth-order valence-electron chi connectivity index (χ4n) is 2.31. The van der Waals surface area contributed by atoms with Gasteiger partial charge in [0.1, 0.15) is 0 Å². The van der Waals surface area contributed by atoms with Crippen molar-refractivity contribution < 1.29 is 9.53 Å². The van der Waals surface area contributed by atoms with E-state index in [0.29, 0.717) is 6.54 Å². The number of hydrogen-bond donors (Lipinski definition) is 2. The van der Waals surface area contributed by atoms with Gasteiger partial charge in [0.15, 0.2) is 5.96 Å².